The first-order valence-electron chi connectivity index (χ1n) is 10.1. The number of hydrogen-bond acceptors (Lipinski definition) is 8. The van der Waals surface area contributed by atoms with Crippen molar-refractivity contribution < 1.29 is 38.1 Å². The van der Waals surface area contributed by atoms with Gasteiger partial charge in [0.2, 0.25) is 0 Å². The standard InChI is InChI=1S/C25H26O8/c1-18(2)24(27)32-17-15-30-14-16-31-21-11-7-20(8-12-21)25(28)33-22-9-4-19(5-10-22)6-13-23(26)29-3/h4-13H,1,14-17H2,2-3H3/b13-6+. The highest BCUT2D eigenvalue weighted by Gasteiger charge is 2.09. The van der Waals surface area contributed by atoms with E-state index in [4.69, 9.17) is 18.9 Å². The smallest absolute Gasteiger partial charge is 0.343 e. The second-order valence-corrected chi connectivity index (χ2v) is 6.72. The molecule has 0 aromatic heterocycles. The Bertz CT molecular complexity index is 974. The molecule has 0 aliphatic carbocycles. The highest BCUT2D eigenvalue weighted by atomic mass is 16.6. The molecule has 33 heavy (non-hydrogen) atoms. The molecule has 0 fully saturated rings. The Morgan fingerprint density at radius 2 is 1.52 bits per heavy atom. The average molecular weight is 454 g/mol. The van der Waals surface area contributed by atoms with E-state index in [-0.39, 0.29) is 13.2 Å². The maximum absolute atomic E-state index is 12.3. The molecule has 2 aromatic rings. The Hall–Kier alpha value is -3.91. The van der Waals surface area contributed by atoms with Crippen molar-refractivity contribution in [1.29, 1.82) is 0 Å². The van der Waals surface area contributed by atoms with Crippen LogP contribution in [0.25, 0.3) is 6.08 Å². The maximum atomic E-state index is 12.3. The van der Waals surface area contributed by atoms with E-state index in [0.29, 0.717) is 35.8 Å². The predicted molar refractivity (Wildman–Crippen MR) is 121 cm³/mol. The first-order valence-corrected chi connectivity index (χ1v) is 10.1. The molecule has 0 bridgehead atoms. The molecule has 2 aromatic carbocycles. The quantitative estimate of drug-likeness (QED) is 0.208. The third-order valence-electron chi connectivity index (χ3n) is 4.10. The zero-order valence-corrected chi connectivity index (χ0v) is 18.6. The van der Waals surface area contributed by atoms with Gasteiger partial charge in [-0.3, -0.25) is 0 Å². The minimum Gasteiger partial charge on any atom is -0.491 e. The van der Waals surface area contributed by atoms with E-state index in [0.717, 1.165) is 5.56 Å². The van der Waals surface area contributed by atoms with E-state index in [2.05, 4.69) is 11.3 Å². The van der Waals surface area contributed by atoms with Crippen molar-refractivity contribution in [2.75, 3.05) is 33.5 Å². The summed E-state index contributed by atoms with van der Waals surface area (Å²) in [6.45, 7) is 6.10. The highest BCUT2D eigenvalue weighted by Crippen LogP contribution is 2.17. The number of ether oxygens (including phenoxy) is 5. The number of methoxy groups -OCH3 is 1. The Morgan fingerprint density at radius 1 is 0.879 bits per heavy atom. The molecule has 0 spiro atoms. The van der Waals surface area contributed by atoms with E-state index in [1.54, 1.807) is 61.5 Å². The van der Waals surface area contributed by atoms with Crippen LogP contribution in [0.1, 0.15) is 22.8 Å². The summed E-state index contributed by atoms with van der Waals surface area (Å²) < 4.78 is 25.7. The summed E-state index contributed by atoms with van der Waals surface area (Å²) in [7, 11) is 1.30. The van der Waals surface area contributed by atoms with Crippen LogP contribution in [0.4, 0.5) is 0 Å². The molecular weight excluding hydrogens is 428 g/mol. The number of benzene rings is 2. The summed E-state index contributed by atoms with van der Waals surface area (Å²) in [6, 6.07) is 13.2. The molecular formula is C25H26O8. The fourth-order valence-electron chi connectivity index (χ4n) is 2.37. The molecule has 8 nitrogen and oxygen atoms in total. The topological polar surface area (TPSA) is 97.4 Å². The second kappa shape index (κ2) is 13.5. The molecule has 8 heteroatoms. The van der Waals surface area contributed by atoms with E-state index in [9.17, 15) is 14.4 Å². The maximum Gasteiger partial charge on any atom is 0.343 e. The Labute approximate surface area is 192 Å². The summed E-state index contributed by atoms with van der Waals surface area (Å²) in [5.41, 5.74) is 1.47. The summed E-state index contributed by atoms with van der Waals surface area (Å²) in [6.07, 6.45) is 2.90. The molecule has 174 valence electrons. The minimum atomic E-state index is -0.507. The van der Waals surface area contributed by atoms with Crippen molar-refractivity contribution in [2.24, 2.45) is 0 Å². The lowest BCUT2D eigenvalue weighted by Gasteiger charge is -2.09. The van der Waals surface area contributed by atoms with Crippen LogP contribution in [0.15, 0.2) is 66.8 Å². The Kier molecular flexibility index (Phi) is 10.4. The third-order valence-corrected chi connectivity index (χ3v) is 4.10. The van der Waals surface area contributed by atoms with Crippen molar-refractivity contribution in [1.82, 2.24) is 0 Å². The molecule has 0 saturated carbocycles. The van der Waals surface area contributed by atoms with Gasteiger partial charge in [0.15, 0.2) is 0 Å². The average Bonchev–Trinajstić information content (AvgIpc) is 2.82. The van der Waals surface area contributed by atoms with Gasteiger partial charge in [-0.15, -0.1) is 0 Å². The lowest BCUT2D eigenvalue weighted by Crippen LogP contribution is -2.14. The largest absolute Gasteiger partial charge is 0.491 e. The molecule has 0 unspecified atom stereocenters. The van der Waals surface area contributed by atoms with Gasteiger partial charge in [0.25, 0.3) is 0 Å². The van der Waals surface area contributed by atoms with E-state index >= 15 is 0 Å². The third kappa shape index (κ3) is 9.40. The molecule has 0 radical (unpaired) electrons. The van der Waals surface area contributed by atoms with Gasteiger partial charge in [-0.05, 0) is 55.0 Å². The molecule has 0 N–H and O–H groups in total. The van der Waals surface area contributed by atoms with Gasteiger partial charge in [0.05, 0.1) is 25.9 Å². The zero-order chi connectivity index (χ0) is 24.1. The molecule has 0 heterocycles. The fraction of sp³-hybridized carbons (Fsp3) is 0.240. The van der Waals surface area contributed by atoms with Crippen molar-refractivity contribution in [3.05, 3.63) is 77.9 Å². The molecule has 0 aliphatic heterocycles. The van der Waals surface area contributed by atoms with Crippen molar-refractivity contribution in [3.8, 4) is 11.5 Å². The number of hydrogen-bond donors (Lipinski definition) is 0. The van der Waals surface area contributed by atoms with Crippen LogP contribution < -0.4 is 9.47 Å². The van der Waals surface area contributed by atoms with Crippen LogP contribution >= 0.6 is 0 Å². The van der Waals surface area contributed by atoms with Crippen molar-refractivity contribution in [2.45, 2.75) is 6.92 Å². The summed E-state index contributed by atoms with van der Waals surface area (Å²) in [5.74, 6) is -0.454. The van der Waals surface area contributed by atoms with Crippen LogP contribution in [0.5, 0.6) is 11.5 Å². The summed E-state index contributed by atoms with van der Waals surface area (Å²) in [5, 5.41) is 0. The van der Waals surface area contributed by atoms with Gasteiger partial charge in [-0.1, -0.05) is 18.7 Å². The SMILES string of the molecule is C=C(C)C(=O)OCCOCCOc1ccc(C(=O)Oc2ccc(/C=C/C(=O)OC)cc2)cc1. The Morgan fingerprint density at radius 3 is 2.15 bits per heavy atom. The molecule has 0 aliphatic rings. The van der Waals surface area contributed by atoms with Crippen LogP contribution in [-0.4, -0.2) is 51.4 Å². The molecule has 2 rings (SSSR count). The Balaban J connectivity index is 1.72. The number of carbonyl (C=O) groups is 3. The van der Waals surface area contributed by atoms with Crippen molar-refractivity contribution in [3.63, 3.8) is 0 Å². The van der Waals surface area contributed by atoms with Crippen LogP contribution in [0.3, 0.4) is 0 Å². The lowest BCUT2D eigenvalue weighted by molar-refractivity contribution is -0.140. The molecule has 0 atom stereocenters. The number of rotatable bonds is 12. The first kappa shape index (κ1) is 25.4. The summed E-state index contributed by atoms with van der Waals surface area (Å²) >= 11 is 0. The second-order valence-electron chi connectivity index (χ2n) is 6.72. The number of carbonyl (C=O) groups excluding carboxylic acids is 3. The van der Waals surface area contributed by atoms with Gasteiger partial charge in [0, 0.05) is 11.6 Å². The van der Waals surface area contributed by atoms with E-state index in [1.807, 2.05) is 0 Å². The monoisotopic (exact) mass is 454 g/mol. The number of esters is 3. The first-order chi connectivity index (χ1) is 15.9. The summed E-state index contributed by atoms with van der Waals surface area (Å²) in [4.78, 5) is 34.6. The van der Waals surface area contributed by atoms with Crippen molar-refractivity contribution >= 4 is 24.0 Å². The van der Waals surface area contributed by atoms with Gasteiger partial charge < -0.3 is 23.7 Å². The minimum absolute atomic E-state index is 0.148. The van der Waals surface area contributed by atoms with E-state index < -0.39 is 17.9 Å². The normalized spacial score (nSPS) is 10.5. The van der Waals surface area contributed by atoms with Gasteiger partial charge in [-0.2, -0.15) is 0 Å². The molecule has 0 saturated heterocycles. The zero-order valence-electron chi connectivity index (χ0n) is 18.6. The predicted octanol–water partition coefficient (Wildman–Crippen LogP) is 3.61. The van der Waals surface area contributed by atoms with E-state index in [1.165, 1.54) is 13.2 Å². The lowest BCUT2D eigenvalue weighted by atomic mass is 10.2. The fourth-order valence-corrected chi connectivity index (χ4v) is 2.37. The van der Waals surface area contributed by atoms with Crippen LogP contribution in [0, 0.1) is 0 Å². The highest BCUT2D eigenvalue weighted by molar-refractivity contribution is 5.91. The van der Waals surface area contributed by atoms with Crippen LogP contribution in [-0.2, 0) is 23.8 Å². The van der Waals surface area contributed by atoms with Crippen LogP contribution in [0.2, 0.25) is 0 Å². The molecule has 0 amide bonds. The van der Waals surface area contributed by atoms with Gasteiger partial charge in [0.1, 0.15) is 24.7 Å². The van der Waals surface area contributed by atoms with Gasteiger partial charge >= 0.3 is 17.9 Å². The van der Waals surface area contributed by atoms with Gasteiger partial charge in [-0.25, -0.2) is 14.4 Å².